The average molecular weight is 288 g/mol. The summed E-state index contributed by atoms with van der Waals surface area (Å²) in [5.74, 6) is -0.215. The Balaban J connectivity index is 1.82. The Kier molecular flexibility index (Phi) is 6.31. The van der Waals surface area contributed by atoms with Crippen molar-refractivity contribution in [3.63, 3.8) is 0 Å². The maximum absolute atomic E-state index is 13.7. The molecule has 1 N–H and O–H groups in total. The molecule has 0 aliphatic carbocycles. The molecule has 112 valence electrons. The number of halogens is 1. The van der Waals surface area contributed by atoms with Crippen molar-refractivity contribution in [1.29, 1.82) is 0 Å². The van der Waals surface area contributed by atoms with E-state index < -0.39 is 0 Å². The molecule has 0 radical (unpaired) electrons. The molecule has 2 aromatic rings. The van der Waals surface area contributed by atoms with Crippen molar-refractivity contribution < 1.29 is 9.13 Å². The van der Waals surface area contributed by atoms with E-state index in [4.69, 9.17) is 4.74 Å². The van der Waals surface area contributed by atoms with Gasteiger partial charge in [0.05, 0.1) is 13.2 Å². The van der Waals surface area contributed by atoms with Gasteiger partial charge >= 0.3 is 0 Å². The standard InChI is InChI=1S/C17H21FN2O/c1-2-19-12-14-6-7-17(18)15(11-14)13-21-10-8-16-5-3-4-9-20-16/h3-7,9,11,19H,2,8,10,12-13H2,1H3. The number of benzene rings is 1. The second kappa shape index (κ2) is 8.49. The molecule has 0 atom stereocenters. The molecule has 0 saturated heterocycles. The molecule has 3 nitrogen and oxygen atoms in total. The van der Waals surface area contributed by atoms with E-state index in [1.54, 1.807) is 12.3 Å². The van der Waals surface area contributed by atoms with Crippen LogP contribution in [-0.4, -0.2) is 18.1 Å². The summed E-state index contributed by atoms with van der Waals surface area (Å²) in [4.78, 5) is 4.23. The Bertz CT molecular complexity index is 546. The summed E-state index contributed by atoms with van der Waals surface area (Å²) in [5, 5.41) is 3.23. The van der Waals surface area contributed by atoms with Gasteiger partial charge in [0.15, 0.2) is 0 Å². The van der Waals surface area contributed by atoms with Crippen LogP contribution in [0, 0.1) is 5.82 Å². The van der Waals surface area contributed by atoms with E-state index in [1.807, 2.05) is 31.2 Å². The van der Waals surface area contributed by atoms with Crippen molar-refractivity contribution in [2.75, 3.05) is 13.2 Å². The van der Waals surface area contributed by atoms with Crippen molar-refractivity contribution >= 4 is 0 Å². The Morgan fingerprint density at radius 3 is 2.90 bits per heavy atom. The Hall–Kier alpha value is -1.78. The second-order valence-electron chi connectivity index (χ2n) is 4.83. The highest BCUT2D eigenvalue weighted by molar-refractivity contribution is 5.24. The van der Waals surface area contributed by atoms with Gasteiger partial charge in [0, 0.05) is 30.4 Å². The predicted octanol–water partition coefficient (Wildman–Crippen LogP) is 3.09. The molecule has 0 bridgehead atoms. The number of hydrogen-bond acceptors (Lipinski definition) is 3. The van der Waals surface area contributed by atoms with E-state index in [2.05, 4.69) is 10.3 Å². The third-order valence-electron chi connectivity index (χ3n) is 3.18. The van der Waals surface area contributed by atoms with Crippen molar-refractivity contribution in [3.05, 3.63) is 65.2 Å². The van der Waals surface area contributed by atoms with Crippen molar-refractivity contribution in [1.82, 2.24) is 10.3 Å². The smallest absolute Gasteiger partial charge is 0.128 e. The number of nitrogens with zero attached hydrogens (tertiary/aromatic N) is 1. The molecule has 0 amide bonds. The van der Waals surface area contributed by atoms with Crippen LogP contribution in [-0.2, 0) is 24.3 Å². The highest BCUT2D eigenvalue weighted by atomic mass is 19.1. The lowest BCUT2D eigenvalue weighted by atomic mass is 10.1. The molecular weight excluding hydrogens is 267 g/mol. The average Bonchev–Trinajstić information content (AvgIpc) is 2.53. The topological polar surface area (TPSA) is 34.1 Å². The van der Waals surface area contributed by atoms with Gasteiger partial charge in [0.2, 0.25) is 0 Å². The second-order valence-corrected chi connectivity index (χ2v) is 4.83. The lowest BCUT2D eigenvalue weighted by Crippen LogP contribution is -2.12. The molecule has 0 aliphatic heterocycles. The van der Waals surface area contributed by atoms with Gasteiger partial charge in [-0.05, 0) is 36.4 Å². The normalized spacial score (nSPS) is 10.8. The van der Waals surface area contributed by atoms with E-state index in [9.17, 15) is 4.39 Å². The maximum Gasteiger partial charge on any atom is 0.128 e. The fraction of sp³-hybridized carbons (Fsp3) is 0.353. The first-order chi connectivity index (χ1) is 10.3. The molecule has 0 saturated carbocycles. The van der Waals surface area contributed by atoms with Crippen LogP contribution in [0.15, 0.2) is 42.6 Å². The first-order valence-corrected chi connectivity index (χ1v) is 7.25. The third kappa shape index (κ3) is 5.25. The Morgan fingerprint density at radius 2 is 2.14 bits per heavy atom. The van der Waals surface area contributed by atoms with E-state index in [0.717, 1.165) is 30.8 Å². The molecule has 4 heteroatoms. The van der Waals surface area contributed by atoms with Crippen molar-refractivity contribution in [2.45, 2.75) is 26.5 Å². The quantitative estimate of drug-likeness (QED) is 0.758. The molecule has 1 aromatic heterocycles. The van der Waals surface area contributed by atoms with Gasteiger partial charge in [-0.1, -0.05) is 19.1 Å². The Morgan fingerprint density at radius 1 is 1.24 bits per heavy atom. The minimum atomic E-state index is -0.215. The third-order valence-corrected chi connectivity index (χ3v) is 3.18. The van der Waals surface area contributed by atoms with Crippen LogP contribution in [0.3, 0.4) is 0 Å². The minimum absolute atomic E-state index is 0.215. The van der Waals surface area contributed by atoms with Gasteiger partial charge in [-0.25, -0.2) is 4.39 Å². The monoisotopic (exact) mass is 288 g/mol. The van der Waals surface area contributed by atoms with Crippen LogP contribution in [0.25, 0.3) is 0 Å². The van der Waals surface area contributed by atoms with Crippen LogP contribution < -0.4 is 5.32 Å². The number of rotatable bonds is 8. The largest absolute Gasteiger partial charge is 0.376 e. The van der Waals surface area contributed by atoms with Crippen LogP contribution in [0.2, 0.25) is 0 Å². The molecule has 0 fully saturated rings. The maximum atomic E-state index is 13.7. The fourth-order valence-electron chi connectivity index (χ4n) is 2.02. The summed E-state index contributed by atoms with van der Waals surface area (Å²) >= 11 is 0. The fourth-order valence-corrected chi connectivity index (χ4v) is 2.02. The molecule has 0 aliphatic rings. The SMILES string of the molecule is CCNCc1ccc(F)c(COCCc2ccccn2)c1. The van der Waals surface area contributed by atoms with Gasteiger partial charge in [-0.3, -0.25) is 4.98 Å². The summed E-state index contributed by atoms with van der Waals surface area (Å²) < 4.78 is 19.3. The first-order valence-electron chi connectivity index (χ1n) is 7.25. The molecule has 2 rings (SSSR count). The molecule has 0 spiro atoms. The highest BCUT2D eigenvalue weighted by Gasteiger charge is 2.04. The highest BCUT2D eigenvalue weighted by Crippen LogP contribution is 2.12. The van der Waals surface area contributed by atoms with Crippen LogP contribution in [0.1, 0.15) is 23.7 Å². The van der Waals surface area contributed by atoms with Crippen molar-refractivity contribution in [3.8, 4) is 0 Å². The van der Waals surface area contributed by atoms with Gasteiger partial charge < -0.3 is 10.1 Å². The summed E-state index contributed by atoms with van der Waals surface area (Å²) in [6, 6.07) is 11.0. The number of nitrogens with one attached hydrogen (secondary N) is 1. The molecular formula is C17H21FN2O. The van der Waals surface area contributed by atoms with E-state index in [0.29, 0.717) is 18.8 Å². The van der Waals surface area contributed by atoms with Gasteiger partial charge in [-0.2, -0.15) is 0 Å². The summed E-state index contributed by atoms with van der Waals surface area (Å²) in [6.07, 6.45) is 2.50. The van der Waals surface area contributed by atoms with Gasteiger partial charge in [0.1, 0.15) is 5.82 Å². The summed E-state index contributed by atoms with van der Waals surface area (Å²) in [6.45, 7) is 4.52. The van der Waals surface area contributed by atoms with E-state index in [-0.39, 0.29) is 5.82 Å². The lowest BCUT2D eigenvalue weighted by molar-refractivity contribution is 0.121. The lowest BCUT2D eigenvalue weighted by Gasteiger charge is -2.08. The number of aromatic nitrogens is 1. The molecule has 1 aromatic carbocycles. The van der Waals surface area contributed by atoms with Crippen LogP contribution in [0.4, 0.5) is 4.39 Å². The molecule has 1 heterocycles. The predicted molar refractivity (Wildman–Crippen MR) is 81.4 cm³/mol. The molecule has 0 unspecified atom stereocenters. The van der Waals surface area contributed by atoms with Crippen LogP contribution in [0.5, 0.6) is 0 Å². The summed E-state index contributed by atoms with van der Waals surface area (Å²) in [5.41, 5.74) is 2.66. The zero-order chi connectivity index (χ0) is 14.9. The minimum Gasteiger partial charge on any atom is -0.376 e. The zero-order valence-electron chi connectivity index (χ0n) is 12.3. The first kappa shape index (κ1) is 15.6. The van der Waals surface area contributed by atoms with E-state index in [1.165, 1.54) is 6.07 Å². The zero-order valence-corrected chi connectivity index (χ0v) is 12.3. The summed E-state index contributed by atoms with van der Waals surface area (Å²) in [7, 11) is 0. The molecule has 21 heavy (non-hydrogen) atoms. The van der Waals surface area contributed by atoms with E-state index >= 15 is 0 Å². The number of hydrogen-bond donors (Lipinski definition) is 1. The van der Waals surface area contributed by atoms with Gasteiger partial charge in [-0.15, -0.1) is 0 Å². The number of ether oxygens (including phenoxy) is 1. The van der Waals surface area contributed by atoms with Gasteiger partial charge in [0.25, 0.3) is 0 Å². The Labute approximate surface area is 125 Å². The number of pyridine rings is 1. The van der Waals surface area contributed by atoms with Crippen molar-refractivity contribution in [2.24, 2.45) is 0 Å². The van der Waals surface area contributed by atoms with Crippen LogP contribution >= 0.6 is 0 Å².